The van der Waals surface area contributed by atoms with Gasteiger partial charge in [-0.25, -0.2) is 19.6 Å². The van der Waals surface area contributed by atoms with E-state index in [2.05, 4.69) is 37.2 Å². The number of hydrogen-bond acceptors (Lipinski definition) is 8. The summed E-state index contributed by atoms with van der Waals surface area (Å²) in [5.74, 6) is -0.732. The number of aliphatic hydroxyl groups is 2. The van der Waals surface area contributed by atoms with Crippen LogP contribution in [0.5, 0.6) is 0 Å². The number of hydrogen-bond donors (Lipinski definition) is 2. The molecule has 0 aliphatic heterocycles. The van der Waals surface area contributed by atoms with Gasteiger partial charge in [0.25, 0.3) is 0 Å². The van der Waals surface area contributed by atoms with Gasteiger partial charge in [0, 0.05) is 58.7 Å². The summed E-state index contributed by atoms with van der Waals surface area (Å²) in [4.78, 5) is 30.7. The molecule has 0 atom stereocenters. The van der Waals surface area contributed by atoms with Crippen LogP contribution in [-0.4, -0.2) is 54.1 Å². The molecule has 0 spiro atoms. The number of carbonyl (C=O) groups is 2. The molecule has 0 fully saturated rings. The summed E-state index contributed by atoms with van der Waals surface area (Å²) >= 11 is 3.43. The molecule has 2 aromatic carbocycles. The standard InChI is InChI=1S/C19H18N2O3.C14H11BrN2O.C5H8O2.V/c1-2-24-18(23)9-8-14-10-11-21-16(13-22)19(20-17(21)12-14)15-6-4-3-5-7-15;15-11-6-7-17-12(9-18)14(16-13(17)8-11)10-4-2-1-3-5-10;1-3-5(6)7-4-2;/h3-12,22H,2,13H2,1H3;1-8,18H,9H2;3H,1,4H2,2H3;/b9-8+;;;. The fraction of sp³-hybridized carbons (Fsp3) is 0.158. The summed E-state index contributed by atoms with van der Waals surface area (Å²) in [5, 5.41) is 19.3. The monoisotopic (exact) mass is 775 g/mol. The third kappa shape index (κ3) is 10.4. The van der Waals surface area contributed by atoms with Crippen LogP contribution in [0.3, 0.4) is 0 Å². The van der Waals surface area contributed by atoms with Crippen LogP contribution in [0.15, 0.2) is 121 Å². The van der Waals surface area contributed by atoms with E-state index in [0.717, 1.165) is 55.7 Å². The number of imidazole rings is 2. The summed E-state index contributed by atoms with van der Waals surface area (Å²) in [7, 11) is 0. The zero-order valence-electron chi connectivity index (χ0n) is 27.6. The molecule has 2 N–H and O–H groups in total. The van der Waals surface area contributed by atoms with Gasteiger partial charge in [0.15, 0.2) is 0 Å². The van der Waals surface area contributed by atoms with Crippen molar-refractivity contribution in [3.8, 4) is 22.5 Å². The van der Waals surface area contributed by atoms with Gasteiger partial charge in [-0.1, -0.05) is 83.2 Å². The number of benzene rings is 2. The summed E-state index contributed by atoms with van der Waals surface area (Å²) in [6.07, 6.45) is 7.97. The van der Waals surface area contributed by atoms with E-state index in [1.165, 1.54) is 6.08 Å². The zero-order valence-corrected chi connectivity index (χ0v) is 30.6. The zero-order chi connectivity index (χ0) is 35.2. The quantitative estimate of drug-likeness (QED) is 0.118. The van der Waals surface area contributed by atoms with Crippen molar-refractivity contribution in [2.75, 3.05) is 13.2 Å². The fourth-order valence-corrected chi connectivity index (χ4v) is 5.12. The van der Waals surface area contributed by atoms with Crippen LogP contribution in [0, 0.1) is 0 Å². The Morgan fingerprint density at radius 3 is 1.70 bits per heavy atom. The molecule has 4 heterocycles. The predicted molar refractivity (Wildman–Crippen MR) is 193 cm³/mol. The molecule has 0 unspecified atom stereocenters. The smallest absolute Gasteiger partial charge is 0.330 e. The van der Waals surface area contributed by atoms with E-state index in [4.69, 9.17) is 4.74 Å². The van der Waals surface area contributed by atoms with E-state index >= 15 is 0 Å². The van der Waals surface area contributed by atoms with Crippen molar-refractivity contribution in [3.05, 3.63) is 137 Å². The summed E-state index contributed by atoms with van der Waals surface area (Å²) in [6.45, 7) is 7.35. The minimum absolute atomic E-state index is 0. The molecule has 0 aliphatic carbocycles. The second kappa shape index (κ2) is 20.0. The number of pyridine rings is 2. The molecule has 6 aromatic rings. The van der Waals surface area contributed by atoms with Crippen LogP contribution in [0.4, 0.5) is 0 Å². The molecule has 0 saturated carbocycles. The molecule has 10 nitrogen and oxygen atoms in total. The molecule has 1 radical (unpaired) electrons. The Morgan fingerprint density at radius 1 is 0.760 bits per heavy atom. The van der Waals surface area contributed by atoms with E-state index in [-0.39, 0.29) is 43.7 Å². The maximum atomic E-state index is 11.4. The molecule has 12 heteroatoms. The molecular weight excluding hydrogens is 739 g/mol. The fourth-order valence-electron chi connectivity index (χ4n) is 4.80. The Morgan fingerprint density at radius 2 is 1.24 bits per heavy atom. The number of nitrogens with zero attached hydrogens (tertiary/aromatic N) is 4. The van der Waals surface area contributed by atoms with E-state index in [1.54, 1.807) is 19.9 Å². The Balaban J connectivity index is 0.000000229. The Bertz CT molecular complexity index is 2050. The molecule has 0 saturated heterocycles. The summed E-state index contributed by atoms with van der Waals surface area (Å²) < 4.78 is 14.0. The van der Waals surface area contributed by atoms with Gasteiger partial charge >= 0.3 is 11.9 Å². The Labute approximate surface area is 310 Å². The van der Waals surface area contributed by atoms with Gasteiger partial charge in [0.1, 0.15) is 11.3 Å². The van der Waals surface area contributed by atoms with Crippen molar-refractivity contribution in [1.29, 1.82) is 0 Å². The number of aliphatic hydroxyl groups excluding tert-OH is 2. The second-order valence-corrected chi connectivity index (χ2v) is 11.1. The molecule has 0 bridgehead atoms. The van der Waals surface area contributed by atoms with Gasteiger partial charge in [-0.05, 0) is 49.8 Å². The number of aromatic nitrogens is 4. The SMILES string of the molecule is C=CC(=O)OCC.CCOC(=O)/C=C/c1ccn2c(CO)c(-c3ccccc3)nc2c1.OCc1c(-c2ccccc2)nc2cc(Br)ccn12.[V]. The van der Waals surface area contributed by atoms with Crippen LogP contribution in [0.2, 0.25) is 0 Å². The van der Waals surface area contributed by atoms with Gasteiger partial charge in [-0.3, -0.25) is 0 Å². The molecule has 0 amide bonds. The van der Waals surface area contributed by atoms with Crippen LogP contribution in [0.25, 0.3) is 39.9 Å². The van der Waals surface area contributed by atoms with Crippen molar-refractivity contribution in [1.82, 2.24) is 18.8 Å². The third-order valence-electron chi connectivity index (χ3n) is 6.98. The first-order chi connectivity index (χ1) is 23.8. The van der Waals surface area contributed by atoms with Crippen LogP contribution in [-0.2, 0) is 50.8 Å². The van der Waals surface area contributed by atoms with Crippen LogP contribution < -0.4 is 0 Å². The molecule has 0 aliphatic rings. The maximum Gasteiger partial charge on any atom is 0.330 e. The van der Waals surface area contributed by atoms with E-state index in [0.29, 0.717) is 18.9 Å². The van der Waals surface area contributed by atoms with Crippen molar-refractivity contribution in [3.63, 3.8) is 0 Å². The second-order valence-electron chi connectivity index (χ2n) is 10.2. The van der Waals surface area contributed by atoms with E-state index < -0.39 is 0 Å². The predicted octanol–water partition coefficient (Wildman–Crippen LogP) is 7.06. The first-order valence-electron chi connectivity index (χ1n) is 15.5. The average Bonchev–Trinajstić information content (AvgIpc) is 3.69. The Hall–Kier alpha value is -4.78. The van der Waals surface area contributed by atoms with Crippen molar-refractivity contribution in [2.45, 2.75) is 27.1 Å². The number of halogens is 1. The maximum absolute atomic E-state index is 11.4. The van der Waals surface area contributed by atoms with E-state index in [1.807, 2.05) is 106 Å². The molecular formula is C38H37BrN4O6V. The first kappa shape index (κ1) is 39.7. The van der Waals surface area contributed by atoms with Gasteiger partial charge < -0.3 is 28.5 Å². The molecule has 50 heavy (non-hydrogen) atoms. The van der Waals surface area contributed by atoms with Gasteiger partial charge in [0.05, 0.1) is 49.2 Å². The molecule has 4 aromatic heterocycles. The normalized spacial score (nSPS) is 10.4. The van der Waals surface area contributed by atoms with E-state index in [9.17, 15) is 19.8 Å². The number of esters is 2. The van der Waals surface area contributed by atoms with Crippen molar-refractivity contribution in [2.24, 2.45) is 0 Å². The number of ether oxygens (including phenoxy) is 2. The molecule has 6 rings (SSSR count). The topological polar surface area (TPSA) is 128 Å². The van der Waals surface area contributed by atoms with Crippen molar-refractivity contribution >= 4 is 45.2 Å². The minimum atomic E-state index is -0.373. The number of rotatable bonds is 9. The number of carbonyl (C=O) groups excluding carboxylic acids is 2. The summed E-state index contributed by atoms with van der Waals surface area (Å²) in [5.41, 5.74) is 7.47. The Kier molecular flexibility index (Phi) is 15.9. The molecule has 257 valence electrons. The number of fused-ring (bicyclic) bond motifs is 2. The first-order valence-corrected chi connectivity index (χ1v) is 16.3. The van der Waals surface area contributed by atoms with Gasteiger partial charge in [-0.15, -0.1) is 0 Å². The summed E-state index contributed by atoms with van der Waals surface area (Å²) in [6, 6.07) is 27.2. The van der Waals surface area contributed by atoms with Crippen molar-refractivity contribution < 1.29 is 47.8 Å². The van der Waals surface area contributed by atoms with Gasteiger partial charge in [0.2, 0.25) is 0 Å². The minimum Gasteiger partial charge on any atom is -0.463 e. The van der Waals surface area contributed by atoms with Crippen LogP contribution >= 0.6 is 15.9 Å². The van der Waals surface area contributed by atoms with Gasteiger partial charge in [-0.2, -0.15) is 0 Å². The largest absolute Gasteiger partial charge is 0.463 e. The van der Waals surface area contributed by atoms with Crippen LogP contribution in [0.1, 0.15) is 30.8 Å². The third-order valence-corrected chi connectivity index (χ3v) is 7.48. The average molecular weight is 777 g/mol.